The molecule has 6 nitrogen and oxygen atoms in total. The van der Waals surface area contributed by atoms with Gasteiger partial charge in [-0.05, 0) is 36.8 Å². The smallest absolute Gasteiger partial charge is 0.334 e. The van der Waals surface area contributed by atoms with Crippen LogP contribution in [0.1, 0.15) is 18.4 Å². The van der Waals surface area contributed by atoms with Gasteiger partial charge in [0.05, 0.1) is 19.9 Å². The zero-order valence-electron chi connectivity index (χ0n) is 16.5. The van der Waals surface area contributed by atoms with Crippen molar-refractivity contribution in [3.05, 3.63) is 83.5 Å². The number of anilines is 1. The van der Waals surface area contributed by atoms with Crippen molar-refractivity contribution < 1.29 is 23.9 Å². The predicted octanol–water partition coefficient (Wildman–Crippen LogP) is 3.40. The summed E-state index contributed by atoms with van der Waals surface area (Å²) in [5.41, 5.74) is 1.67. The molecule has 0 saturated heterocycles. The second-order valence-electron chi connectivity index (χ2n) is 6.54. The number of ether oxygens (including phenoxy) is 2. The fraction of sp³-hybridized carbons (Fsp3) is 0.174. The Kier molecular flexibility index (Phi) is 5.64. The number of benzene rings is 2. The van der Waals surface area contributed by atoms with Crippen LogP contribution in [0.3, 0.4) is 0 Å². The van der Waals surface area contributed by atoms with Crippen molar-refractivity contribution in [3.63, 3.8) is 0 Å². The van der Waals surface area contributed by atoms with Crippen LogP contribution in [0.25, 0.3) is 0 Å². The third-order valence-electron chi connectivity index (χ3n) is 4.91. The molecule has 0 N–H and O–H groups in total. The number of esters is 1. The predicted molar refractivity (Wildman–Crippen MR) is 109 cm³/mol. The summed E-state index contributed by atoms with van der Waals surface area (Å²) >= 11 is 0. The molecular formula is C23H21NO5. The van der Waals surface area contributed by atoms with Gasteiger partial charge in [-0.2, -0.15) is 0 Å². The fourth-order valence-electron chi connectivity index (χ4n) is 3.40. The summed E-state index contributed by atoms with van der Waals surface area (Å²) in [6, 6.07) is 15.6. The van der Waals surface area contributed by atoms with Crippen molar-refractivity contribution in [2.24, 2.45) is 0 Å². The summed E-state index contributed by atoms with van der Waals surface area (Å²) in [5, 5.41) is 0. The Morgan fingerprint density at radius 1 is 0.966 bits per heavy atom. The normalized spacial score (nSPS) is 14.8. The Morgan fingerprint density at radius 2 is 1.59 bits per heavy atom. The van der Waals surface area contributed by atoms with E-state index in [2.05, 4.69) is 6.58 Å². The van der Waals surface area contributed by atoms with E-state index in [1.165, 1.54) is 14.2 Å². The summed E-state index contributed by atoms with van der Waals surface area (Å²) < 4.78 is 9.96. The molecule has 29 heavy (non-hydrogen) atoms. The molecule has 2 aromatic carbocycles. The maximum Gasteiger partial charge on any atom is 0.334 e. The molecule has 2 aromatic rings. The SMILES string of the molecule is C=C(C(=O)OC)[C@@H](C1=C(C)C(=O)N(c2ccc(OC)cc2)C1=O)c1ccccc1. The van der Waals surface area contributed by atoms with Crippen LogP contribution in [0.2, 0.25) is 0 Å². The lowest BCUT2D eigenvalue weighted by molar-refractivity contribution is -0.136. The van der Waals surface area contributed by atoms with Crippen molar-refractivity contribution in [2.75, 3.05) is 19.1 Å². The van der Waals surface area contributed by atoms with Gasteiger partial charge in [0.15, 0.2) is 0 Å². The molecule has 1 aliphatic rings. The number of hydrogen-bond donors (Lipinski definition) is 0. The van der Waals surface area contributed by atoms with E-state index in [0.717, 1.165) is 4.90 Å². The number of carbonyl (C=O) groups excluding carboxylic acids is 3. The average Bonchev–Trinajstić information content (AvgIpc) is 2.97. The molecule has 1 atom stereocenters. The lowest BCUT2D eigenvalue weighted by atomic mass is 9.83. The first-order chi connectivity index (χ1) is 13.9. The summed E-state index contributed by atoms with van der Waals surface area (Å²) in [7, 11) is 2.79. The van der Waals surface area contributed by atoms with E-state index in [4.69, 9.17) is 9.47 Å². The summed E-state index contributed by atoms with van der Waals surface area (Å²) in [6.07, 6.45) is 0. The highest BCUT2D eigenvalue weighted by molar-refractivity contribution is 6.33. The molecule has 148 valence electrons. The van der Waals surface area contributed by atoms with Gasteiger partial charge in [0, 0.05) is 22.6 Å². The first kappa shape index (κ1) is 20.1. The number of nitrogens with zero attached hydrogens (tertiary/aromatic N) is 1. The van der Waals surface area contributed by atoms with E-state index < -0.39 is 23.7 Å². The lowest BCUT2D eigenvalue weighted by Gasteiger charge is -2.21. The van der Waals surface area contributed by atoms with E-state index in [1.54, 1.807) is 55.5 Å². The average molecular weight is 391 g/mol. The van der Waals surface area contributed by atoms with Crippen LogP contribution in [0, 0.1) is 0 Å². The summed E-state index contributed by atoms with van der Waals surface area (Å²) in [4.78, 5) is 39.6. The molecular weight excluding hydrogens is 370 g/mol. The molecule has 0 fully saturated rings. The fourth-order valence-corrected chi connectivity index (χ4v) is 3.40. The van der Waals surface area contributed by atoms with E-state index >= 15 is 0 Å². The van der Waals surface area contributed by atoms with Crippen LogP contribution in [0.5, 0.6) is 5.75 Å². The molecule has 0 aromatic heterocycles. The molecule has 1 aliphatic heterocycles. The Hall–Kier alpha value is -3.67. The maximum absolute atomic E-state index is 13.3. The van der Waals surface area contributed by atoms with Gasteiger partial charge in [-0.25, -0.2) is 9.69 Å². The number of imide groups is 1. The van der Waals surface area contributed by atoms with Gasteiger partial charge in [-0.1, -0.05) is 36.9 Å². The third kappa shape index (κ3) is 3.57. The third-order valence-corrected chi connectivity index (χ3v) is 4.91. The molecule has 0 spiro atoms. The van der Waals surface area contributed by atoms with Crippen molar-refractivity contribution in [3.8, 4) is 5.75 Å². The van der Waals surface area contributed by atoms with E-state index in [-0.39, 0.29) is 16.7 Å². The quantitative estimate of drug-likeness (QED) is 0.429. The molecule has 3 rings (SSSR count). The van der Waals surface area contributed by atoms with Crippen molar-refractivity contribution in [1.29, 1.82) is 0 Å². The standard InChI is InChI=1S/C23H21NO5/c1-14-20(19(15(2)23(27)29-4)16-8-6-5-7-9-16)22(26)24(21(14)25)17-10-12-18(28-3)13-11-17/h5-13,19H,2H2,1,3-4H3/t19-/m1/s1. The summed E-state index contributed by atoms with van der Waals surface area (Å²) in [6.45, 7) is 5.44. The van der Waals surface area contributed by atoms with Crippen molar-refractivity contribution in [1.82, 2.24) is 0 Å². The van der Waals surface area contributed by atoms with Crippen LogP contribution in [-0.2, 0) is 19.1 Å². The van der Waals surface area contributed by atoms with Gasteiger partial charge in [0.25, 0.3) is 11.8 Å². The van der Waals surface area contributed by atoms with Crippen LogP contribution >= 0.6 is 0 Å². The number of carbonyl (C=O) groups is 3. The molecule has 1 heterocycles. The Labute approximate surface area is 169 Å². The Bertz CT molecular complexity index is 1010. The van der Waals surface area contributed by atoms with E-state index in [9.17, 15) is 14.4 Å². The topological polar surface area (TPSA) is 72.9 Å². The highest BCUT2D eigenvalue weighted by Crippen LogP contribution is 2.39. The van der Waals surface area contributed by atoms with Gasteiger partial charge in [-0.15, -0.1) is 0 Å². The van der Waals surface area contributed by atoms with Gasteiger partial charge < -0.3 is 9.47 Å². The molecule has 6 heteroatoms. The first-order valence-corrected chi connectivity index (χ1v) is 8.96. The minimum atomic E-state index is -0.789. The molecule has 0 radical (unpaired) electrons. The Morgan fingerprint density at radius 3 is 2.14 bits per heavy atom. The zero-order valence-corrected chi connectivity index (χ0v) is 16.5. The van der Waals surface area contributed by atoms with Gasteiger partial charge in [0.2, 0.25) is 0 Å². The Balaban J connectivity index is 2.08. The van der Waals surface area contributed by atoms with Crippen LogP contribution in [-0.4, -0.2) is 32.0 Å². The maximum atomic E-state index is 13.3. The molecule has 0 unspecified atom stereocenters. The summed E-state index contributed by atoms with van der Waals surface area (Å²) in [5.74, 6) is -1.74. The van der Waals surface area contributed by atoms with E-state index in [0.29, 0.717) is 17.0 Å². The lowest BCUT2D eigenvalue weighted by Crippen LogP contribution is -2.32. The first-order valence-electron chi connectivity index (χ1n) is 8.96. The van der Waals surface area contributed by atoms with Crippen LogP contribution in [0.4, 0.5) is 5.69 Å². The minimum absolute atomic E-state index is 0.0887. The van der Waals surface area contributed by atoms with Gasteiger partial charge >= 0.3 is 5.97 Å². The number of amides is 2. The van der Waals surface area contributed by atoms with Crippen LogP contribution < -0.4 is 9.64 Å². The second kappa shape index (κ2) is 8.14. The van der Waals surface area contributed by atoms with Crippen molar-refractivity contribution in [2.45, 2.75) is 12.8 Å². The van der Waals surface area contributed by atoms with Crippen molar-refractivity contribution >= 4 is 23.5 Å². The molecule has 0 aliphatic carbocycles. The zero-order chi connectivity index (χ0) is 21.1. The number of rotatable bonds is 6. The largest absolute Gasteiger partial charge is 0.497 e. The monoisotopic (exact) mass is 391 g/mol. The molecule has 2 amide bonds. The molecule has 0 bridgehead atoms. The van der Waals surface area contributed by atoms with Gasteiger partial charge in [-0.3, -0.25) is 9.59 Å². The number of hydrogen-bond acceptors (Lipinski definition) is 5. The van der Waals surface area contributed by atoms with Gasteiger partial charge in [0.1, 0.15) is 5.75 Å². The molecule has 0 saturated carbocycles. The highest BCUT2D eigenvalue weighted by atomic mass is 16.5. The second-order valence-corrected chi connectivity index (χ2v) is 6.54. The highest BCUT2D eigenvalue weighted by Gasteiger charge is 2.42. The minimum Gasteiger partial charge on any atom is -0.497 e. The number of methoxy groups -OCH3 is 2. The van der Waals surface area contributed by atoms with E-state index in [1.807, 2.05) is 6.07 Å². The van der Waals surface area contributed by atoms with Crippen LogP contribution in [0.15, 0.2) is 77.9 Å².